The molecule has 2 aromatic rings. The van der Waals surface area contributed by atoms with Gasteiger partial charge in [-0.2, -0.15) is 0 Å². The molecule has 0 aromatic heterocycles. The predicted molar refractivity (Wildman–Crippen MR) is 117 cm³/mol. The topological polar surface area (TPSA) is 78.5 Å². The summed E-state index contributed by atoms with van der Waals surface area (Å²) in [4.78, 5) is 42.2. The molecule has 31 heavy (non-hydrogen) atoms. The van der Waals surface area contributed by atoms with Gasteiger partial charge in [-0.15, -0.1) is 0 Å². The monoisotopic (exact) mass is 417 g/mol. The number of nitrogens with zero attached hydrogens (tertiary/aromatic N) is 1. The lowest BCUT2D eigenvalue weighted by Crippen LogP contribution is -2.56. The zero-order valence-electron chi connectivity index (χ0n) is 18.2. The van der Waals surface area contributed by atoms with Gasteiger partial charge < -0.3 is 5.32 Å². The number of carbonyl (C=O) groups excluding carboxylic acids is 3. The number of hydrogen-bond donors (Lipinski definition) is 2. The van der Waals surface area contributed by atoms with Crippen LogP contribution < -0.4 is 10.6 Å². The number of nitrogens with one attached hydrogen (secondary N) is 2. The summed E-state index contributed by atoms with van der Waals surface area (Å²) in [5, 5.41) is 6.46. The van der Waals surface area contributed by atoms with Crippen molar-refractivity contribution in [3.8, 4) is 0 Å². The van der Waals surface area contributed by atoms with Crippen LogP contribution in [0.25, 0.3) is 0 Å². The first-order valence-electron chi connectivity index (χ1n) is 10.8. The molecule has 5 rings (SSSR count). The summed E-state index contributed by atoms with van der Waals surface area (Å²) < 4.78 is 0. The maximum Gasteiger partial charge on any atom is 0.250 e. The molecule has 2 N–H and O–H groups in total. The van der Waals surface area contributed by atoms with E-state index in [9.17, 15) is 14.4 Å². The summed E-state index contributed by atoms with van der Waals surface area (Å²) in [5.41, 5.74) is 1.65. The second-order valence-corrected chi connectivity index (χ2v) is 9.94. The summed E-state index contributed by atoms with van der Waals surface area (Å²) in [6.07, 6.45) is 0.565. The molecule has 2 saturated heterocycles. The second kappa shape index (κ2) is 6.50. The highest BCUT2D eigenvalue weighted by molar-refractivity contribution is 6.15. The van der Waals surface area contributed by atoms with Crippen LogP contribution in [0.1, 0.15) is 37.5 Å². The Morgan fingerprint density at radius 2 is 1.71 bits per heavy atom. The van der Waals surface area contributed by atoms with E-state index in [1.807, 2.05) is 76.2 Å². The van der Waals surface area contributed by atoms with Gasteiger partial charge >= 0.3 is 0 Å². The van der Waals surface area contributed by atoms with Crippen molar-refractivity contribution in [3.05, 3.63) is 65.2 Å². The van der Waals surface area contributed by atoms with Gasteiger partial charge in [0.15, 0.2) is 0 Å². The summed E-state index contributed by atoms with van der Waals surface area (Å²) in [5.74, 6) is -2.08. The lowest BCUT2D eigenvalue weighted by Gasteiger charge is -2.34. The Morgan fingerprint density at radius 1 is 1.00 bits per heavy atom. The van der Waals surface area contributed by atoms with Crippen molar-refractivity contribution in [2.45, 2.75) is 51.2 Å². The second-order valence-electron chi connectivity index (χ2n) is 9.94. The Morgan fingerprint density at radius 3 is 2.39 bits per heavy atom. The Balaban J connectivity index is 1.68. The van der Waals surface area contributed by atoms with Crippen LogP contribution in [0, 0.1) is 18.8 Å². The zero-order valence-corrected chi connectivity index (χ0v) is 18.2. The molecular formula is C25H27N3O3. The van der Waals surface area contributed by atoms with E-state index in [2.05, 4.69) is 10.6 Å². The number of hydrogen-bond acceptors (Lipinski definition) is 4. The highest BCUT2D eigenvalue weighted by Gasteiger charge is 2.71. The minimum atomic E-state index is -1.24. The van der Waals surface area contributed by atoms with Crippen molar-refractivity contribution < 1.29 is 14.4 Å². The average molecular weight is 418 g/mol. The Kier molecular flexibility index (Phi) is 4.18. The minimum absolute atomic E-state index is 0.193. The predicted octanol–water partition coefficient (Wildman–Crippen LogP) is 2.76. The fourth-order valence-electron chi connectivity index (χ4n) is 5.62. The first kappa shape index (κ1) is 19.9. The molecule has 3 aliphatic rings. The molecule has 2 fully saturated rings. The molecule has 0 saturated carbocycles. The fourth-order valence-corrected chi connectivity index (χ4v) is 5.62. The number of imide groups is 1. The molecule has 6 heteroatoms. The van der Waals surface area contributed by atoms with Crippen LogP contribution >= 0.6 is 0 Å². The van der Waals surface area contributed by atoms with Crippen molar-refractivity contribution in [2.75, 3.05) is 5.32 Å². The number of benzene rings is 2. The maximum absolute atomic E-state index is 13.7. The highest BCUT2D eigenvalue weighted by atomic mass is 16.2. The Bertz CT molecular complexity index is 1100. The smallest absolute Gasteiger partial charge is 0.250 e. The van der Waals surface area contributed by atoms with Crippen LogP contribution in [0.3, 0.4) is 0 Å². The van der Waals surface area contributed by atoms with E-state index in [0.717, 1.165) is 16.7 Å². The lowest BCUT2D eigenvalue weighted by molar-refractivity contribution is -0.147. The summed E-state index contributed by atoms with van der Waals surface area (Å²) in [6.45, 7) is 7.56. The quantitative estimate of drug-likeness (QED) is 0.737. The molecule has 3 aliphatic heterocycles. The van der Waals surface area contributed by atoms with Crippen LogP contribution in [0.5, 0.6) is 0 Å². The Hall–Kier alpha value is -2.99. The largest absolute Gasteiger partial charge is 0.324 e. The zero-order chi connectivity index (χ0) is 22.1. The van der Waals surface area contributed by atoms with Gasteiger partial charge in [0, 0.05) is 22.8 Å². The van der Waals surface area contributed by atoms with E-state index in [0.29, 0.717) is 12.1 Å². The molecule has 6 nitrogen and oxygen atoms in total. The third-order valence-electron chi connectivity index (χ3n) is 6.84. The van der Waals surface area contributed by atoms with Crippen LogP contribution in [-0.2, 0) is 26.3 Å². The molecule has 0 unspecified atom stereocenters. The van der Waals surface area contributed by atoms with E-state index in [1.165, 1.54) is 4.90 Å². The molecule has 0 radical (unpaired) electrons. The van der Waals surface area contributed by atoms with Crippen molar-refractivity contribution in [1.29, 1.82) is 0 Å². The number of aryl methyl sites for hydroxylation is 1. The summed E-state index contributed by atoms with van der Waals surface area (Å²) in [7, 11) is 0. The number of amides is 3. The van der Waals surface area contributed by atoms with E-state index >= 15 is 0 Å². The minimum Gasteiger partial charge on any atom is -0.324 e. The molecular weight excluding hydrogens is 390 g/mol. The van der Waals surface area contributed by atoms with E-state index < -0.39 is 22.9 Å². The molecule has 1 spiro atoms. The van der Waals surface area contributed by atoms with Crippen LogP contribution in [0.15, 0.2) is 48.5 Å². The van der Waals surface area contributed by atoms with Crippen LogP contribution in [0.4, 0.5) is 5.69 Å². The van der Waals surface area contributed by atoms with Crippen molar-refractivity contribution in [1.82, 2.24) is 10.2 Å². The van der Waals surface area contributed by atoms with Crippen molar-refractivity contribution in [3.63, 3.8) is 0 Å². The molecule has 4 atom stereocenters. The first-order chi connectivity index (χ1) is 14.6. The third kappa shape index (κ3) is 2.71. The normalized spacial score (nSPS) is 29.5. The summed E-state index contributed by atoms with van der Waals surface area (Å²) in [6, 6.07) is 15.3. The molecule has 0 bridgehead atoms. The van der Waals surface area contributed by atoms with Crippen molar-refractivity contribution in [2.24, 2.45) is 11.8 Å². The standard InChI is InChI=1S/C25H27N3O3/c1-14-10-11-17-16(12-14)25(23(31)26-17)20-19(21(29)28(22(20)30)24(2,3)4)18(27-25)13-15-8-6-5-7-9-15/h5-12,18-20,27H,13H2,1-4H3,(H,26,31)/t18-,19-,20+,25-/m1/s1. The fraction of sp³-hybridized carbons (Fsp3) is 0.400. The molecule has 3 amide bonds. The number of likely N-dealkylation sites (tertiary alicyclic amines) is 1. The molecule has 2 aromatic carbocycles. The third-order valence-corrected chi connectivity index (χ3v) is 6.84. The molecule has 3 heterocycles. The van der Waals surface area contributed by atoms with E-state index in [1.54, 1.807) is 0 Å². The maximum atomic E-state index is 13.7. The van der Waals surface area contributed by atoms with E-state index in [-0.39, 0.29) is 23.8 Å². The first-order valence-corrected chi connectivity index (χ1v) is 10.8. The number of carbonyl (C=O) groups is 3. The number of anilines is 1. The average Bonchev–Trinajstić information content (AvgIpc) is 3.27. The van der Waals surface area contributed by atoms with Gasteiger partial charge in [-0.05, 0) is 45.7 Å². The van der Waals surface area contributed by atoms with Crippen LogP contribution in [0.2, 0.25) is 0 Å². The van der Waals surface area contributed by atoms with Gasteiger partial charge in [-0.1, -0.05) is 48.0 Å². The molecule has 160 valence electrons. The van der Waals surface area contributed by atoms with Gasteiger partial charge in [0.1, 0.15) is 5.54 Å². The highest BCUT2D eigenvalue weighted by Crippen LogP contribution is 2.54. The summed E-state index contributed by atoms with van der Waals surface area (Å²) >= 11 is 0. The van der Waals surface area contributed by atoms with Gasteiger partial charge in [0.05, 0.1) is 11.8 Å². The van der Waals surface area contributed by atoms with Gasteiger partial charge in [0.2, 0.25) is 17.7 Å². The van der Waals surface area contributed by atoms with Gasteiger partial charge in [-0.3, -0.25) is 24.6 Å². The molecule has 0 aliphatic carbocycles. The number of rotatable bonds is 2. The Labute approximate surface area is 182 Å². The van der Waals surface area contributed by atoms with Crippen molar-refractivity contribution >= 4 is 23.4 Å². The van der Waals surface area contributed by atoms with Crippen LogP contribution in [-0.4, -0.2) is 34.2 Å². The number of fused-ring (bicyclic) bond motifs is 4. The lowest BCUT2D eigenvalue weighted by atomic mass is 9.76. The van der Waals surface area contributed by atoms with Gasteiger partial charge in [0.25, 0.3) is 0 Å². The van der Waals surface area contributed by atoms with E-state index in [4.69, 9.17) is 0 Å². The van der Waals surface area contributed by atoms with Gasteiger partial charge in [-0.25, -0.2) is 0 Å². The SMILES string of the molecule is Cc1ccc2c(c1)[C@]1(N[C@H](Cc3ccccc3)[C@H]3C(=O)N(C(C)(C)C)C(=O)[C@H]31)C(=O)N2.